The number of anilines is 1. The highest BCUT2D eigenvalue weighted by Crippen LogP contribution is 2.23. The van der Waals surface area contributed by atoms with Gasteiger partial charge < -0.3 is 10.6 Å². The van der Waals surface area contributed by atoms with E-state index in [4.69, 9.17) is 17.3 Å². The molecule has 1 amide bonds. The Balaban J connectivity index is 0.00000112. The minimum absolute atomic E-state index is 0. The quantitative estimate of drug-likeness (QED) is 0.822. The molecule has 2 rings (SSSR count). The maximum Gasteiger partial charge on any atom is 0.228 e. The molecule has 0 aliphatic carbocycles. The van der Waals surface area contributed by atoms with Gasteiger partial charge >= 0.3 is 0 Å². The van der Waals surface area contributed by atoms with Crippen molar-refractivity contribution in [2.75, 3.05) is 11.4 Å². The van der Waals surface area contributed by atoms with E-state index < -0.39 is 0 Å². The van der Waals surface area contributed by atoms with Gasteiger partial charge in [-0.1, -0.05) is 17.7 Å². The topological polar surface area (TPSA) is 46.3 Å². The molecule has 0 radical (unpaired) electrons. The highest BCUT2D eigenvalue weighted by atomic mass is 35.5. The van der Waals surface area contributed by atoms with Gasteiger partial charge in [-0.05, 0) is 18.2 Å². The average molecular weight is 247 g/mol. The van der Waals surface area contributed by atoms with E-state index in [9.17, 15) is 4.79 Å². The summed E-state index contributed by atoms with van der Waals surface area (Å²) in [5.41, 5.74) is 6.52. The van der Waals surface area contributed by atoms with Gasteiger partial charge in [-0.25, -0.2) is 0 Å². The molecule has 1 unspecified atom stereocenters. The zero-order valence-corrected chi connectivity index (χ0v) is 9.59. The summed E-state index contributed by atoms with van der Waals surface area (Å²) in [5, 5.41) is 0.635. The van der Waals surface area contributed by atoms with Crippen molar-refractivity contribution in [3.05, 3.63) is 29.3 Å². The first kappa shape index (κ1) is 12.3. The van der Waals surface area contributed by atoms with Crippen molar-refractivity contribution in [1.82, 2.24) is 0 Å². The van der Waals surface area contributed by atoms with Gasteiger partial charge in [0, 0.05) is 29.7 Å². The Morgan fingerprint density at radius 2 is 2.20 bits per heavy atom. The van der Waals surface area contributed by atoms with Crippen LogP contribution in [0, 0.1) is 0 Å². The summed E-state index contributed by atoms with van der Waals surface area (Å²) < 4.78 is 0. The van der Waals surface area contributed by atoms with Gasteiger partial charge in [0.25, 0.3) is 0 Å². The lowest BCUT2D eigenvalue weighted by molar-refractivity contribution is -0.117. The fraction of sp³-hybridized carbons (Fsp3) is 0.300. The lowest BCUT2D eigenvalue weighted by atomic mass is 10.3. The molecule has 1 aliphatic heterocycles. The SMILES string of the molecule is Cl.NC1CC(=O)N(c2cccc(Cl)c2)C1. The number of hydrogen-bond acceptors (Lipinski definition) is 2. The molecule has 0 bridgehead atoms. The van der Waals surface area contributed by atoms with E-state index in [0.29, 0.717) is 18.0 Å². The molecule has 1 saturated heterocycles. The first-order valence-corrected chi connectivity index (χ1v) is 4.86. The van der Waals surface area contributed by atoms with Crippen molar-refractivity contribution in [3.63, 3.8) is 0 Å². The number of hydrogen-bond donors (Lipinski definition) is 1. The highest BCUT2D eigenvalue weighted by molar-refractivity contribution is 6.30. The lowest BCUT2D eigenvalue weighted by Gasteiger charge is -2.15. The molecule has 15 heavy (non-hydrogen) atoms. The second-order valence-corrected chi connectivity index (χ2v) is 3.88. The lowest BCUT2D eigenvalue weighted by Crippen LogP contribution is -2.27. The van der Waals surface area contributed by atoms with Crippen molar-refractivity contribution in [2.24, 2.45) is 5.73 Å². The average Bonchev–Trinajstić information content (AvgIpc) is 2.45. The maximum absolute atomic E-state index is 11.5. The van der Waals surface area contributed by atoms with E-state index in [2.05, 4.69) is 0 Å². The summed E-state index contributed by atoms with van der Waals surface area (Å²) >= 11 is 5.84. The Labute approximate surface area is 99.6 Å². The van der Waals surface area contributed by atoms with Crippen LogP contribution in [0.3, 0.4) is 0 Å². The molecular weight excluding hydrogens is 235 g/mol. The predicted octanol–water partition coefficient (Wildman–Crippen LogP) is 1.83. The minimum atomic E-state index is -0.0542. The van der Waals surface area contributed by atoms with Crippen LogP contribution in [0.1, 0.15) is 6.42 Å². The zero-order chi connectivity index (χ0) is 10.1. The van der Waals surface area contributed by atoms with E-state index in [1.54, 1.807) is 17.0 Å². The van der Waals surface area contributed by atoms with Crippen LogP contribution in [0.15, 0.2) is 24.3 Å². The molecule has 5 heteroatoms. The Kier molecular flexibility index (Phi) is 3.97. The van der Waals surface area contributed by atoms with Crippen molar-refractivity contribution >= 4 is 35.6 Å². The van der Waals surface area contributed by atoms with Gasteiger partial charge in [-0.3, -0.25) is 4.79 Å². The molecule has 2 N–H and O–H groups in total. The van der Waals surface area contributed by atoms with Gasteiger partial charge in [0.1, 0.15) is 0 Å². The summed E-state index contributed by atoms with van der Waals surface area (Å²) in [5.74, 6) is 0.0692. The number of nitrogens with two attached hydrogens (primary N) is 1. The molecule has 0 spiro atoms. The van der Waals surface area contributed by atoms with Crippen LogP contribution in [-0.2, 0) is 4.79 Å². The monoisotopic (exact) mass is 246 g/mol. The van der Waals surface area contributed by atoms with Gasteiger partial charge in [0.2, 0.25) is 5.91 Å². The van der Waals surface area contributed by atoms with E-state index in [-0.39, 0.29) is 24.4 Å². The first-order valence-electron chi connectivity index (χ1n) is 4.48. The molecule has 1 atom stereocenters. The van der Waals surface area contributed by atoms with Gasteiger partial charge in [-0.2, -0.15) is 0 Å². The van der Waals surface area contributed by atoms with E-state index in [1.165, 1.54) is 0 Å². The minimum Gasteiger partial charge on any atom is -0.326 e. The smallest absolute Gasteiger partial charge is 0.228 e. The second-order valence-electron chi connectivity index (χ2n) is 3.45. The van der Waals surface area contributed by atoms with Gasteiger partial charge in [0.05, 0.1) is 0 Å². The summed E-state index contributed by atoms with van der Waals surface area (Å²) in [4.78, 5) is 13.2. The predicted molar refractivity (Wildman–Crippen MR) is 63.6 cm³/mol. The van der Waals surface area contributed by atoms with Crippen LogP contribution in [0.5, 0.6) is 0 Å². The van der Waals surface area contributed by atoms with Crippen LogP contribution >= 0.6 is 24.0 Å². The Morgan fingerprint density at radius 3 is 2.73 bits per heavy atom. The Hall–Kier alpha value is -0.770. The Bertz CT molecular complexity index is 370. The molecule has 1 aliphatic rings. The largest absolute Gasteiger partial charge is 0.326 e. The molecule has 1 aromatic carbocycles. The number of carbonyl (C=O) groups excluding carboxylic acids is 1. The molecular formula is C10H12Cl2N2O. The Morgan fingerprint density at radius 1 is 1.47 bits per heavy atom. The van der Waals surface area contributed by atoms with Crippen LogP contribution in [0.2, 0.25) is 5.02 Å². The van der Waals surface area contributed by atoms with E-state index >= 15 is 0 Å². The van der Waals surface area contributed by atoms with Gasteiger partial charge in [-0.15, -0.1) is 12.4 Å². The van der Waals surface area contributed by atoms with Crippen molar-refractivity contribution in [2.45, 2.75) is 12.5 Å². The van der Waals surface area contributed by atoms with Crippen molar-refractivity contribution in [3.8, 4) is 0 Å². The standard InChI is InChI=1S/C10H11ClN2O.ClH/c11-7-2-1-3-9(4-7)13-6-8(12)5-10(13)14;/h1-4,8H,5-6,12H2;1H. The number of nitrogens with zero attached hydrogens (tertiary/aromatic N) is 1. The molecule has 1 aromatic rings. The molecule has 0 aromatic heterocycles. The van der Waals surface area contributed by atoms with Crippen LogP contribution in [-0.4, -0.2) is 18.5 Å². The molecule has 3 nitrogen and oxygen atoms in total. The van der Waals surface area contributed by atoms with Gasteiger partial charge in [0.15, 0.2) is 0 Å². The summed E-state index contributed by atoms with van der Waals surface area (Å²) in [6.07, 6.45) is 0.423. The third-order valence-electron chi connectivity index (χ3n) is 2.27. The molecule has 1 fully saturated rings. The second kappa shape index (κ2) is 4.84. The van der Waals surface area contributed by atoms with Crippen LogP contribution in [0.4, 0.5) is 5.69 Å². The number of halogens is 2. The number of carbonyl (C=O) groups is 1. The zero-order valence-electron chi connectivity index (χ0n) is 8.02. The third-order valence-corrected chi connectivity index (χ3v) is 2.51. The van der Waals surface area contributed by atoms with E-state index in [1.807, 2.05) is 12.1 Å². The number of amides is 1. The first-order chi connectivity index (χ1) is 6.66. The fourth-order valence-corrected chi connectivity index (χ4v) is 1.81. The molecule has 0 saturated carbocycles. The number of rotatable bonds is 1. The summed E-state index contributed by atoms with van der Waals surface area (Å²) in [6, 6.07) is 7.20. The fourth-order valence-electron chi connectivity index (χ4n) is 1.63. The van der Waals surface area contributed by atoms with E-state index in [0.717, 1.165) is 5.69 Å². The summed E-state index contributed by atoms with van der Waals surface area (Å²) in [6.45, 7) is 0.583. The van der Waals surface area contributed by atoms with Crippen LogP contribution in [0.25, 0.3) is 0 Å². The highest BCUT2D eigenvalue weighted by Gasteiger charge is 2.27. The maximum atomic E-state index is 11.5. The third kappa shape index (κ3) is 2.62. The molecule has 1 heterocycles. The normalized spacial score (nSPS) is 20.3. The van der Waals surface area contributed by atoms with Crippen LogP contribution < -0.4 is 10.6 Å². The van der Waals surface area contributed by atoms with Crippen molar-refractivity contribution in [1.29, 1.82) is 0 Å². The van der Waals surface area contributed by atoms with Crippen molar-refractivity contribution < 1.29 is 4.79 Å². The molecule has 82 valence electrons. The number of benzene rings is 1. The summed E-state index contributed by atoms with van der Waals surface area (Å²) in [7, 11) is 0.